The third kappa shape index (κ3) is 4.20. The van der Waals surface area contributed by atoms with Crippen LogP contribution >= 0.6 is 34.0 Å². The number of hydrogen-bond donors (Lipinski definition) is 0. The van der Waals surface area contributed by atoms with Gasteiger partial charge in [-0.2, -0.15) is 10.5 Å². The Kier molecular flexibility index (Phi) is 6.14. The van der Waals surface area contributed by atoms with Crippen LogP contribution in [0.1, 0.15) is 29.9 Å². The van der Waals surface area contributed by atoms with Gasteiger partial charge in [0, 0.05) is 46.7 Å². The van der Waals surface area contributed by atoms with Gasteiger partial charge in [0.15, 0.2) is 0 Å². The lowest BCUT2D eigenvalue weighted by atomic mass is 9.82. The molecule has 41 heavy (non-hydrogen) atoms. The molecule has 3 aromatic carbocycles. The van der Waals surface area contributed by atoms with Gasteiger partial charge in [-0.15, -0.1) is 34.0 Å². The predicted molar refractivity (Wildman–Crippen MR) is 174 cm³/mol. The van der Waals surface area contributed by atoms with Crippen LogP contribution in [0.25, 0.3) is 35.7 Å². The van der Waals surface area contributed by atoms with E-state index in [-0.39, 0.29) is 11.0 Å². The molecule has 1 aliphatic rings. The maximum atomic E-state index is 9.12. The fourth-order valence-electron chi connectivity index (χ4n) is 5.68. The number of allylic oxidation sites excluding steroid dienone is 1. The van der Waals surface area contributed by atoms with Crippen molar-refractivity contribution in [2.75, 3.05) is 4.90 Å². The number of hydrogen-bond acceptors (Lipinski definition) is 6. The van der Waals surface area contributed by atoms with Crippen molar-refractivity contribution in [2.24, 2.45) is 0 Å². The molecule has 0 N–H and O–H groups in total. The summed E-state index contributed by atoms with van der Waals surface area (Å²) in [6.45, 7) is 4.70. The van der Waals surface area contributed by atoms with Crippen molar-refractivity contribution in [3.63, 3.8) is 0 Å². The summed E-state index contributed by atoms with van der Waals surface area (Å²) in [5, 5.41) is 18.2. The summed E-state index contributed by atoms with van der Waals surface area (Å²) >= 11 is 5.34. The fraction of sp³-hybridized carbons (Fsp3) is 0.0857. The Balaban J connectivity index is 1.30. The predicted octanol–water partition coefficient (Wildman–Crippen LogP) is 10.9. The molecule has 0 saturated heterocycles. The van der Waals surface area contributed by atoms with Crippen LogP contribution in [0.15, 0.2) is 103 Å². The average Bonchev–Trinajstić information content (AvgIpc) is 3.75. The highest BCUT2D eigenvalue weighted by atomic mass is 32.1. The van der Waals surface area contributed by atoms with Crippen molar-refractivity contribution >= 4 is 66.5 Å². The average molecular weight is 582 g/mol. The van der Waals surface area contributed by atoms with Crippen molar-refractivity contribution in [1.29, 1.82) is 10.5 Å². The van der Waals surface area contributed by atoms with E-state index in [2.05, 4.69) is 110 Å². The van der Waals surface area contributed by atoms with Crippen molar-refractivity contribution in [3.8, 4) is 32.3 Å². The lowest BCUT2D eigenvalue weighted by Gasteiger charge is -2.28. The van der Waals surface area contributed by atoms with Crippen molar-refractivity contribution < 1.29 is 0 Å². The molecule has 0 fully saturated rings. The zero-order chi connectivity index (χ0) is 28.1. The van der Waals surface area contributed by atoms with E-state index in [4.69, 9.17) is 10.5 Å². The standard InChI is InChI=1S/C35H23N3S3/c1-35(2)28-18-25(38(23-9-5-3-6-10-23)24-11-7-4-8-12-24)13-15-27(28)33-32(35)34-31(41-33)19-30(40-34)29-16-14-26(39-29)17-22(20-36)21-37/h3-19H,1-2H3. The van der Waals surface area contributed by atoms with Gasteiger partial charge in [-0.25, -0.2) is 0 Å². The molecule has 3 nitrogen and oxygen atoms in total. The Morgan fingerprint density at radius 1 is 0.732 bits per heavy atom. The molecule has 0 amide bonds. The first kappa shape index (κ1) is 25.5. The zero-order valence-electron chi connectivity index (χ0n) is 22.4. The van der Waals surface area contributed by atoms with Crippen LogP contribution in [0.2, 0.25) is 0 Å². The van der Waals surface area contributed by atoms with E-state index in [1.807, 2.05) is 40.9 Å². The molecule has 3 aromatic heterocycles. The third-order valence-corrected chi connectivity index (χ3v) is 11.3. The molecular formula is C35H23N3S3. The van der Waals surface area contributed by atoms with Crippen LogP contribution in [-0.4, -0.2) is 0 Å². The highest BCUT2D eigenvalue weighted by molar-refractivity contribution is 7.32. The molecule has 0 atom stereocenters. The largest absolute Gasteiger partial charge is 0.310 e. The highest BCUT2D eigenvalue weighted by Gasteiger charge is 2.40. The zero-order valence-corrected chi connectivity index (χ0v) is 24.8. The molecular weight excluding hydrogens is 559 g/mol. The van der Waals surface area contributed by atoms with Gasteiger partial charge in [0.05, 0.1) is 4.70 Å². The van der Waals surface area contributed by atoms with Gasteiger partial charge < -0.3 is 4.90 Å². The SMILES string of the molecule is CC1(C)c2cc(N(c3ccccc3)c3ccccc3)ccc2-c2sc3cc(-c4ccc(C=C(C#N)C#N)s4)sc3c21. The normalized spacial score (nSPS) is 12.8. The summed E-state index contributed by atoms with van der Waals surface area (Å²) in [6.07, 6.45) is 1.66. The molecule has 0 radical (unpaired) electrons. The number of para-hydroxylation sites is 2. The molecule has 6 heteroatoms. The van der Waals surface area contributed by atoms with Gasteiger partial charge >= 0.3 is 0 Å². The summed E-state index contributed by atoms with van der Waals surface area (Å²) < 4.78 is 2.67. The molecule has 196 valence electrons. The van der Waals surface area contributed by atoms with Gasteiger partial charge in [0.2, 0.25) is 0 Å². The van der Waals surface area contributed by atoms with Crippen LogP contribution in [0.3, 0.4) is 0 Å². The Morgan fingerprint density at radius 3 is 2.07 bits per heavy atom. The maximum absolute atomic E-state index is 9.12. The monoisotopic (exact) mass is 581 g/mol. The van der Waals surface area contributed by atoms with Crippen LogP contribution in [0, 0.1) is 22.7 Å². The Bertz CT molecular complexity index is 1990. The summed E-state index contributed by atoms with van der Waals surface area (Å²) in [7, 11) is 0. The third-order valence-electron chi connectivity index (χ3n) is 7.59. The second-order valence-electron chi connectivity index (χ2n) is 10.5. The summed E-state index contributed by atoms with van der Waals surface area (Å²) in [5.74, 6) is 0. The number of rotatable bonds is 5. The number of thiophene rings is 3. The minimum atomic E-state index is -0.141. The number of fused-ring (bicyclic) bond motifs is 5. The second-order valence-corrected chi connectivity index (χ2v) is 13.7. The summed E-state index contributed by atoms with van der Waals surface area (Å²) in [4.78, 5) is 7.00. The first-order valence-electron chi connectivity index (χ1n) is 13.2. The van der Waals surface area contributed by atoms with Crippen LogP contribution in [0.5, 0.6) is 0 Å². The first-order valence-corrected chi connectivity index (χ1v) is 15.7. The topological polar surface area (TPSA) is 50.8 Å². The van der Waals surface area contributed by atoms with Gasteiger partial charge in [-0.3, -0.25) is 0 Å². The smallest absolute Gasteiger partial charge is 0.131 e. The summed E-state index contributed by atoms with van der Waals surface area (Å²) in [6, 6.07) is 38.3. The summed E-state index contributed by atoms with van der Waals surface area (Å²) in [5.41, 5.74) is 7.51. The van der Waals surface area contributed by atoms with Crippen molar-refractivity contribution in [2.45, 2.75) is 19.3 Å². The minimum Gasteiger partial charge on any atom is -0.310 e. The Labute approximate surface area is 251 Å². The molecule has 0 saturated carbocycles. The van der Waals surface area contributed by atoms with E-state index in [0.717, 1.165) is 26.8 Å². The molecule has 6 aromatic rings. The van der Waals surface area contributed by atoms with E-state index in [1.54, 1.807) is 17.4 Å². The van der Waals surface area contributed by atoms with Gasteiger partial charge in [0.1, 0.15) is 17.7 Å². The van der Waals surface area contributed by atoms with E-state index in [1.165, 1.54) is 35.8 Å². The fourth-order valence-corrected chi connectivity index (χ4v) is 9.71. The van der Waals surface area contributed by atoms with Gasteiger partial charge in [0.25, 0.3) is 0 Å². The lowest BCUT2D eigenvalue weighted by Crippen LogP contribution is -2.16. The van der Waals surface area contributed by atoms with Gasteiger partial charge in [-0.1, -0.05) is 56.3 Å². The maximum Gasteiger partial charge on any atom is 0.131 e. The highest BCUT2D eigenvalue weighted by Crippen LogP contribution is 2.58. The molecule has 0 spiro atoms. The van der Waals surface area contributed by atoms with Gasteiger partial charge in [-0.05, 0) is 77.4 Å². The number of benzene rings is 3. The number of nitriles is 2. The van der Waals surface area contributed by atoms with Crippen LogP contribution < -0.4 is 4.90 Å². The number of nitrogens with zero attached hydrogens (tertiary/aromatic N) is 3. The van der Waals surface area contributed by atoms with Crippen molar-refractivity contribution in [3.05, 3.63) is 119 Å². The van der Waals surface area contributed by atoms with E-state index < -0.39 is 0 Å². The molecule has 1 aliphatic carbocycles. The first-order chi connectivity index (χ1) is 20.0. The molecule has 3 heterocycles. The van der Waals surface area contributed by atoms with Crippen LogP contribution in [0.4, 0.5) is 17.1 Å². The molecule has 0 aliphatic heterocycles. The quantitative estimate of drug-likeness (QED) is 0.190. The van der Waals surface area contributed by atoms with E-state index >= 15 is 0 Å². The van der Waals surface area contributed by atoms with E-state index in [9.17, 15) is 0 Å². The van der Waals surface area contributed by atoms with E-state index in [0.29, 0.717) is 0 Å². The molecule has 7 rings (SSSR count). The lowest BCUT2D eigenvalue weighted by molar-refractivity contribution is 0.668. The van der Waals surface area contributed by atoms with Crippen molar-refractivity contribution in [1.82, 2.24) is 0 Å². The molecule has 0 bridgehead atoms. The number of anilines is 3. The minimum absolute atomic E-state index is 0.125. The molecule has 0 unspecified atom stereocenters. The Hall–Kier alpha value is -4.46. The van der Waals surface area contributed by atoms with Crippen LogP contribution in [-0.2, 0) is 5.41 Å². The Morgan fingerprint density at radius 2 is 1.41 bits per heavy atom. The second kappa shape index (κ2) is 9.87.